The molecule has 7 nitrogen and oxygen atoms in total. The Morgan fingerprint density at radius 3 is 2.35 bits per heavy atom. The molecule has 1 heterocycles. The minimum atomic E-state index is -0.410. The van der Waals surface area contributed by atoms with Crippen LogP contribution in [0.2, 0.25) is 10.0 Å². The van der Waals surface area contributed by atoms with Crippen molar-refractivity contribution in [3.05, 3.63) is 70.0 Å². The molecule has 0 spiro atoms. The number of tetrazole rings is 1. The lowest BCUT2D eigenvalue weighted by molar-refractivity contribution is -0.114. The lowest BCUT2D eigenvalue weighted by Gasteiger charge is -2.39. The van der Waals surface area contributed by atoms with E-state index >= 15 is 0 Å². The lowest BCUT2D eigenvalue weighted by Crippen LogP contribution is -2.42. The Kier molecular flexibility index (Phi) is 8.24. The topological polar surface area (TPSA) is 84.7 Å². The molecule has 1 amide bonds. The second-order valence-electron chi connectivity index (χ2n) is 10.8. The summed E-state index contributed by atoms with van der Waals surface area (Å²) < 4.78 is 1.96. The molecule has 1 atom stereocenters. The normalized spacial score (nSPS) is 16.5. The summed E-state index contributed by atoms with van der Waals surface area (Å²) in [6.07, 6.45) is 9.33. The lowest BCUT2D eigenvalue weighted by atomic mass is 9.79. The van der Waals surface area contributed by atoms with Gasteiger partial charge in [0.1, 0.15) is 0 Å². The van der Waals surface area contributed by atoms with Crippen LogP contribution < -0.4 is 10.6 Å². The standard InChI is InChI=1S/C28H34Cl2N6O/c1-19(37)31-22-11-13-23(14-12-22)32-28(16-6-5-7-17-28)26-33-34-35-36(26)25(27(2,3)4)15-9-20-8-10-21(29)18-24(20)30/h8-15,18,25,32H,5-7,16-17H2,1-4H3,(H,31,37)/b15-9+/t25-/m0/s1. The van der Waals surface area contributed by atoms with Gasteiger partial charge in [0.15, 0.2) is 5.82 Å². The Bertz CT molecular complexity index is 1260. The average molecular weight is 542 g/mol. The Morgan fingerprint density at radius 1 is 1.05 bits per heavy atom. The van der Waals surface area contributed by atoms with Gasteiger partial charge >= 0.3 is 0 Å². The number of carbonyl (C=O) groups excluding carboxylic acids is 1. The van der Waals surface area contributed by atoms with Crippen molar-refractivity contribution in [3.8, 4) is 0 Å². The van der Waals surface area contributed by atoms with Gasteiger partial charge < -0.3 is 10.6 Å². The molecule has 4 rings (SSSR count). The summed E-state index contributed by atoms with van der Waals surface area (Å²) in [4.78, 5) is 11.4. The fourth-order valence-electron chi connectivity index (χ4n) is 4.94. The largest absolute Gasteiger partial charge is 0.373 e. The van der Waals surface area contributed by atoms with Crippen LogP contribution in [-0.4, -0.2) is 26.1 Å². The number of aromatic nitrogens is 4. The molecule has 3 aromatic rings. The van der Waals surface area contributed by atoms with Crippen LogP contribution in [0.1, 0.15) is 77.2 Å². The average Bonchev–Trinajstić information content (AvgIpc) is 3.31. The first kappa shape index (κ1) is 27.1. The molecule has 1 aliphatic carbocycles. The van der Waals surface area contributed by atoms with E-state index in [1.807, 2.05) is 47.2 Å². The molecular formula is C28H34Cl2N6O. The Morgan fingerprint density at radius 2 is 1.73 bits per heavy atom. The molecule has 1 fully saturated rings. The van der Waals surface area contributed by atoms with E-state index in [1.54, 1.807) is 6.07 Å². The summed E-state index contributed by atoms with van der Waals surface area (Å²) in [5.41, 5.74) is 2.03. The molecule has 0 bridgehead atoms. The van der Waals surface area contributed by atoms with Crippen LogP contribution in [0.15, 0.2) is 48.5 Å². The molecule has 37 heavy (non-hydrogen) atoms. The van der Waals surface area contributed by atoms with Gasteiger partial charge in [0.2, 0.25) is 5.91 Å². The Hall–Kier alpha value is -2.90. The first-order chi connectivity index (χ1) is 17.6. The number of allylic oxidation sites excluding steroid dienone is 1. The summed E-state index contributed by atoms with van der Waals surface area (Å²) in [5.74, 6) is 0.731. The third-order valence-corrected chi connectivity index (χ3v) is 7.35. The summed E-state index contributed by atoms with van der Waals surface area (Å²) in [6.45, 7) is 8.04. The highest BCUT2D eigenvalue weighted by atomic mass is 35.5. The van der Waals surface area contributed by atoms with E-state index < -0.39 is 5.54 Å². The minimum absolute atomic E-state index is 0.0928. The van der Waals surface area contributed by atoms with Crippen molar-refractivity contribution < 1.29 is 4.79 Å². The number of carbonyl (C=O) groups is 1. The second-order valence-corrected chi connectivity index (χ2v) is 11.7. The van der Waals surface area contributed by atoms with E-state index in [4.69, 9.17) is 23.2 Å². The van der Waals surface area contributed by atoms with Crippen molar-refractivity contribution in [2.24, 2.45) is 5.41 Å². The molecular weight excluding hydrogens is 507 g/mol. The molecule has 196 valence electrons. The van der Waals surface area contributed by atoms with Gasteiger partial charge in [0, 0.05) is 28.3 Å². The molecule has 0 unspecified atom stereocenters. The molecule has 9 heteroatoms. The van der Waals surface area contributed by atoms with Crippen LogP contribution >= 0.6 is 23.2 Å². The Labute approximate surface area is 228 Å². The number of hydrogen-bond acceptors (Lipinski definition) is 5. The van der Waals surface area contributed by atoms with Gasteiger partial charge in [0.05, 0.1) is 11.6 Å². The summed E-state index contributed by atoms with van der Waals surface area (Å²) >= 11 is 12.5. The van der Waals surface area contributed by atoms with Crippen molar-refractivity contribution in [2.75, 3.05) is 10.6 Å². The maximum atomic E-state index is 11.4. The SMILES string of the molecule is CC(=O)Nc1ccc(NC2(c3nnnn3[C@@H](/C=C/c3ccc(Cl)cc3Cl)C(C)(C)C)CCCCC2)cc1. The van der Waals surface area contributed by atoms with E-state index in [-0.39, 0.29) is 17.4 Å². The van der Waals surface area contributed by atoms with E-state index in [1.165, 1.54) is 13.3 Å². The molecule has 0 radical (unpaired) electrons. The van der Waals surface area contributed by atoms with Gasteiger partial charge in [-0.2, -0.15) is 0 Å². The van der Waals surface area contributed by atoms with Crippen LogP contribution in [0.5, 0.6) is 0 Å². The van der Waals surface area contributed by atoms with E-state index in [0.29, 0.717) is 10.0 Å². The third-order valence-electron chi connectivity index (χ3n) is 6.79. The van der Waals surface area contributed by atoms with E-state index in [2.05, 4.69) is 53.0 Å². The molecule has 1 saturated carbocycles. The number of rotatable bonds is 7. The maximum absolute atomic E-state index is 11.4. The summed E-state index contributed by atoms with van der Waals surface area (Å²) in [7, 11) is 0. The van der Waals surface area contributed by atoms with Crippen molar-refractivity contribution in [1.82, 2.24) is 20.2 Å². The van der Waals surface area contributed by atoms with Crippen molar-refractivity contribution >= 4 is 46.6 Å². The highest BCUT2D eigenvalue weighted by molar-refractivity contribution is 6.35. The van der Waals surface area contributed by atoms with Crippen molar-refractivity contribution in [2.45, 2.75) is 71.4 Å². The third kappa shape index (κ3) is 6.51. The molecule has 0 saturated heterocycles. The first-order valence-electron chi connectivity index (χ1n) is 12.6. The first-order valence-corrected chi connectivity index (χ1v) is 13.4. The number of halogens is 2. The Balaban J connectivity index is 1.70. The van der Waals surface area contributed by atoms with Gasteiger partial charge in [0.25, 0.3) is 0 Å². The van der Waals surface area contributed by atoms with Gasteiger partial charge in [-0.1, -0.05) is 81.5 Å². The highest BCUT2D eigenvalue weighted by Gasteiger charge is 2.41. The highest BCUT2D eigenvalue weighted by Crippen LogP contribution is 2.42. The zero-order valence-corrected chi connectivity index (χ0v) is 23.3. The molecule has 2 aromatic carbocycles. The molecule has 0 aliphatic heterocycles. The number of nitrogens with one attached hydrogen (secondary N) is 2. The van der Waals surface area contributed by atoms with Gasteiger partial charge in [-0.15, -0.1) is 5.10 Å². The predicted octanol–water partition coefficient (Wildman–Crippen LogP) is 7.51. The quantitative estimate of drug-likeness (QED) is 0.323. The maximum Gasteiger partial charge on any atom is 0.221 e. The van der Waals surface area contributed by atoms with E-state index in [9.17, 15) is 4.79 Å². The molecule has 2 N–H and O–H groups in total. The zero-order valence-electron chi connectivity index (χ0n) is 21.8. The number of nitrogens with zero attached hydrogens (tertiary/aromatic N) is 4. The number of anilines is 2. The van der Waals surface area contributed by atoms with Crippen LogP contribution in [-0.2, 0) is 10.3 Å². The second kappa shape index (κ2) is 11.2. The number of benzene rings is 2. The van der Waals surface area contributed by atoms with Crippen LogP contribution in [0, 0.1) is 5.41 Å². The van der Waals surface area contributed by atoms with Crippen LogP contribution in [0.25, 0.3) is 6.08 Å². The van der Waals surface area contributed by atoms with Gasteiger partial charge in [-0.25, -0.2) is 4.68 Å². The number of amides is 1. The summed E-state index contributed by atoms with van der Waals surface area (Å²) in [6, 6.07) is 13.1. The van der Waals surface area contributed by atoms with Crippen molar-refractivity contribution in [3.63, 3.8) is 0 Å². The van der Waals surface area contributed by atoms with Crippen LogP contribution in [0.3, 0.4) is 0 Å². The fraction of sp³-hybridized carbons (Fsp3) is 0.429. The molecule has 1 aliphatic rings. The van der Waals surface area contributed by atoms with Gasteiger partial charge in [-0.05, 0) is 70.6 Å². The monoisotopic (exact) mass is 540 g/mol. The fourth-order valence-corrected chi connectivity index (χ4v) is 5.41. The summed E-state index contributed by atoms with van der Waals surface area (Å²) in [5, 5.41) is 21.0. The smallest absolute Gasteiger partial charge is 0.221 e. The van der Waals surface area contributed by atoms with Gasteiger partial charge in [-0.3, -0.25) is 4.79 Å². The van der Waals surface area contributed by atoms with E-state index in [0.717, 1.165) is 48.4 Å². The number of hydrogen-bond donors (Lipinski definition) is 2. The molecule has 1 aromatic heterocycles. The zero-order chi connectivity index (χ0) is 26.6. The minimum Gasteiger partial charge on any atom is -0.373 e. The predicted molar refractivity (Wildman–Crippen MR) is 151 cm³/mol. The van der Waals surface area contributed by atoms with Crippen LogP contribution in [0.4, 0.5) is 11.4 Å². The van der Waals surface area contributed by atoms with Crippen molar-refractivity contribution in [1.29, 1.82) is 0 Å².